The third-order valence-electron chi connectivity index (χ3n) is 3.84. The van der Waals surface area contributed by atoms with Crippen molar-refractivity contribution in [3.05, 3.63) is 16.8 Å². The molecule has 2 amide bonds. The molecule has 7 nitrogen and oxygen atoms in total. The summed E-state index contributed by atoms with van der Waals surface area (Å²) in [6.07, 6.45) is 1.57. The van der Waals surface area contributed by atoms with E-state index >= 15 is 0 Å². The number of aryl methyl sites for hydroxylation is 1. The molecule has 1 saturated heterocycles. The van der Waals surface area contributed by atoms with Crippen LogP contribution in [0.2, 0.25) is 0 Å². The summed E-state index contributed by atoms with van der Waals surface area (Å²) in [6.45, 7) is 6.19. The van der Waals surface area contributed by atoms with Gasteiger partial charge in [-0.15, -0.1) is 5.10 Å². The van der Waals surface area contributed by atoms with Gasteiger partial charge in [0.05, 0.1) is 12.2 Å². The molecule has 1 unspecified atom stereocenters. The van der Waals surface area contributed by atoms with Gasteiger partial charge in [0.2, 0.25) is 11.8 Å². The van der Waals surface area contributed by atoms with Crippen LogP contribution in [-0.4, -0.2) is 34.6 Å². The number of aromatic nitrogens is 2. The number of carbonyl (C=O) groups excluding carboxylic acids is 2. The topological polar surface area (TPSA) is 101 Å². The van der Waals surface area contributed by atoms with E-state index in [-0.39, 0.29) is 18.4 Å². The molecule has 2 heterocycles. The number of anilines is 1. The van der Waals surface area contributed by atoms with Crippen LogP contribution in [0.5, 0.6) is 0 Å². The van der Waals surface area contributed by atoms with Gasteiger partial charge in [0.15, 0.2) is 5.82 Å². The minimum atomic E-state index is -0.473. The summed E-state index contributed by atoms with van der Waals surface area (Å²) in [6, 6.07) is -0.473. The molecule has 2 rings (SSSR count). The fourth-order valence-corrected chi connectivity index (χ4v) is 2.66. The van der Waals surface area contributed by atoms with Gasteiger partial charge in [-0.3, -0.25) is 14.9 Å². The highest BCUT2D eigenvalue weighted by atomic mass is 16.2. The van der Waals surface area contributed by atoms with Crippen LogP contribution in [-0.2, 0) is 29.0 Å². The monoisotopic (exact) mass is 291 g/mol. The molecule has 1 aliphatic heterocycles. The Morgan fingerprint density at radius 2 is 1.95 bits per heavy atom. The number of nitrogens with two attached hydrogens (primary N) is 1. The van der Waals surface area contributed by atoms with Crippen molar-refractivity contribution in [1.29, 1.82) is 0 Å². The fraction of sp³-hybridized carbons (Fsp3) is 0.571. The molecule has 1 aromatic heterocycles. The minimum Gasteiger partial charge on any atom is -0.334 e. The van der Waals surface area contributed by atoms with Gasteiger partial charge in [0.25, 0.3) is 0 Å². The zero-order chi connectivity index (χ0) is 15.6. The molecule has 1 atom stereocenters. The molecule has 114 valence electrons. The largest absolute Gasteiger partial charge is 0.334 e. The Morgan fingerprint density at radius 3 is 2.52 bits per heavy atom. The van der Waals surface area contributed by atoms with Crippen molar-refractivity contribution in [3.63, 3.8) is 0 Å². The first-order valence-corrected chi connectivity index (χ1v) is 7.21. The number of nitrogens with one attached hydrogen (secondary N) is 1. The number of carbonyl (C=O) groups is 2. The molecule has 0 spiro atoms. The Labute approximate surface area is 123 Å². The van der Waals surface area contributed by atoms with Gasteiger partial charge >= 0.3 is 0 Å². The lowest BCUT2D eigenvalue weighted by molar-refractivity contribution is -0.132. The molecule has 0 bridgehead atoms. The number of imide groups is 1. The highest BCUT2D eigenvalue weighted by Gasteiger charge is 2.33. The van der Waals surface area contributed by atoms with Crippen LogP contribution in [0.25, 0.3) is 0 Å². The second kappa shape index (κ2) is 6.17. The van der Waals surface area contributed by atoms with E-state index in [1.165, 1.54) is 0 Å². The van der Waals surface area contributed by atoms with E-state index in [0.717, 1.165) is 29.7 Å². The standard InChI is InChI=1S/C14H21N5O2/c1-4-9-10(6-15)13(18-17-11(9)5-2)19-7-12(20)16-14(21)8(19)3/h8H,4-7,15H2,1-3H3,(H,16,20,21). The predicted molar refractivity (Wildman–Crippen MR) is 78.6 cm³/mol. The van der Waals surface area contributed by atoms with Gasteiger partial charge in [-0.05, 0) is 25.3 Å². The molecular weight excluding hydrogens is 270 g/mol. The minimum absolute atomic E-state index is 0.0865. The van der Waals surface area contributed by atoms with E-state index in [9.17, 15) is 9.59 Å². The lowest BCUT2D eigenvalue weighted by atomic mass is 10.0. The lowest BCUT2D eigenvalue weighted by Gasteiger charge is -2.34. The van der Waals surface area contributed by atoms with Crippen molar-refractivity contribution in [1.82, 2.24) is 15.5 Å². The van der Waals surface area contributed by atoms with Crippen LogP contribution in [0.4, 0.5) is 5.82 Å². The highest BCUT2D eigenvalue weighted by Crippen LogP contribution is 2.26. The Bertz CT molecular complexity index is 573. The van der Waals surface area contributed by atoms with E-state index in [0.29, 0.717) is 12.4 Å². The predicted octanol–water partition coefficient (Wildman–Crippen LogP) is -0.0886. The zero-order valence-corrected chi connectivity index (χ0v) is 12.6. The lowest BCUT2D eigenvalue weighted by Crippen LogP contribution is -2.57. The third kappa shape index (κ3) is 2.73. The molecule has 1 aliphatic rings. The van der Waals surface area contributed by atoms with E-state index in [1.807, 2.05) is 13.8 Å². The van der Waals surface area contributed by atoms with Crippen molar-refractivity contribution in [3.8, 4) is 0 Å². The van der Waals surface area contributed by atoms with Gasteiger partial charge in [-0.1, -0.05) is 13.8 Å². The maximum Gasteiger partial charge on any atom is 0.249 e. The van der Waals surface area contributed by atoms with Gasteiger partial charge in [0, 0.05) is 12.1 Å². The molecule has 1 aromatic rings. The van der Waals surface area contributed by atoms with Crippen molar-refractivity contribution >= 4 is 17.6 Å². The summed E-state index contributed by atoms with van der Waals surface area (Å²) in [4.78, 5) is 25.1. The molecule has 0 radical (unpaired) electrons. The van der Waals surface area contributed by atoms with Crippen LogP contribution in [0.15, 0.2) is 0 Å². The summed E-state index contributed by atoms with van der Waals surface area (Å²) < 4.78 is 0. The first-order valence-electron chi connectivity index (χ1n) is 7.21. The molecule has 1 fully saturated rings. The molecule has 0 aromatic carbocycles. The Hall–Kier alpha value is -2.02. The maximum atomic E-state index is 11.8. The number of hydrogen-bond acceptors (Lipinski definition) is 6. The van der Waals surface area contributed by atoms with Crippen LogP contribution in [0.1, 0.15) is 37.6 Å². The van der Waals surface area contributed by atoms with E-state index in [2.05, 4.69) is 15.5 Å². The summed E-state index contributed by atoms with van der Waals surface area (Å²) in [5.41, 5.74) is 8.75. The molecule has 7 heteroatoms. The molecule has 0 aliphatic carbocycles. The quantitative estimate of drug-likeness (QED) is 0.752. The molecule has 0 saturated carbocycles. The van der Waals surface area contributed by atoms with Gasteiger partial charge in [-0.25, -0.2) is 0 Å². The average molecular weight is 291 g/mol. The highest BCUT2D eigenvalue weighted by molar-refractivity contribution is 6.04. The second-order valence-corrected chi connectivity index (χ2v) is 5.05. The second-order valence-electron chi connectivity index (χ2n) is 5.05. The Morgan fingerprint density at radius 1 is 1.24 bits per heavy atom. The zero-order valence-electron chi connectivity index (χ0n) is 12.6. The Kier molecular flexibility index (Phi) is 4.52. The van der Waals surface area contributed by atoms with E-state index < -0.39 is 6.04 Å². The van der Waals surface area contributed by atoms with Crippen LogP contribution in [0, 0.1) is 0 Å². The number of piperazine rings is 1. The molecule has 3 N–H and O–H groups in total. The summed E-state index contributed by atoms with van der Waals surface area (Å²) in [5, 5.41) is 10.8. The summed E-state index contributed by atoms with van der Waals surface area (Å²) >= 11 is 0. The number of nitrogens with zero attached hydrogens (tertiary/aromatic N) is 3. The molecular formula is C14H21N5O2. The smallest absolute Gasteiger partial charge is 0.249 e. The third-order valence-corrected chi connectivity index (χ3v) is 3.84. The first-order chi connectivity index (χ1) is 10.0. The first kappa shape index (κ1) is 15.4. The van der Waals surface area contributed by atoms with Crippen molar-refractivity contribution in [2.75, 3.05) is 11.4 Å². The molecule has 21 heavy (non-hydrogen) atoms. The van der Waals surface area contributed by atoms with Gasteiger partial charge in [0.1, 0.15) is 6.04 Å². The summed E-state index contributed by atoms with van der Waals surface area (Å²) in [7, 11) is 0. The van der Waals surface area contributed by atoms with E-state index in [1.54, 1.807) is 11.8 Å². The Balaban J connectivity index is 2.52. The SMILES string of the molecule is CCc1nnc(N2CC(=O)NC(=O)C2C)c(CN)c1CC. The summed E-state index contributed by atoms with van der Waals surface area (Å²) in [5.74, 6) is -0.114. The fourth-order valence-electron chi connectivity index (χ4n) is 2.66. The van der Waals surface area contributed by atoms with Crippen molar-refractivity contribution < 1.29 is 9.59 Å². The van der Waals surface area contributed by atoms with Crippen LogP contribution in [0.3, 0.4) is 0 Å². The van der Waals surface area contributed by atoms with Crippen molar-refractivity contribution in [2.45, 2.75) is 46.2 Å². The van der Waals surface area contributed by atoms with E-state index in [4.69, 9.17) is 5.73 Å². The number of amides is 2. The van der Waals surface area contributed by atoms with Gasteiger partial charge < -0.3 is 10.6 Å². The number of hydrogen-bond donors (Lipinski definition) is 2. The van der Waals surface area contributed by atoms with Crippen molar-refractivity contribution in [2.24, 2.45) is 5.73 Å². The maximum absolute atomic E-state index is 11.8. The number of rotatable bonds is 4. The van der Waals surface area contributed by atoms with Crippen LogP contribution < -0.4 is 16.0 Å². The normalized spacial score (nSPS) is 18.9. The average Bonchev–Trinajstić information content (AvgIpc) is 2.49. The van der Waals surface area contributed by atoms with Crippen LogP contribution >= 0.6 is 0 Å². The van der Waals surface area contributed by atoms with Gasteiger partial charge in [-0.2, -0.15) is 5.10 Å².